The van der Waals surface area contributed by atoms with Crippen LogP contribution in [0.1, 0.15) is 17.5 Å². The van der Waals surface area contributed by atoms with Crippen LogP contribution in [-0.4, -0.2) is 39.8 Å². The lowest BCUT2D eigenvalue weighted by atomic mass is 10.1. The molecule has 1 aromatic carbocycles. The Hall–Kier alpha value is -2.61. The van der Waals surface area contributed by atoms with Crippen LogP contribution in [0, 0.1) is 0 Å². The molecular formula is C13H17N5O3. The molecule has 8 heteroatoms. The fourth-order valence-electron chi connectivity index (χ4n) is 1.76. The summed E-state index contributed by atoms with van der Waals surface area (Å²) in [6, 6.07) is 6.65. The van der Waals surface area contributed by atoms with Crippen molar-refractivity contribution in [3.8, 4) is 5.75 Å². The fourth-order valence-corrected chi connectivity index (χ4v) is 1.76. The number of aliphatic hydroxyl groups excluding tert-OH is 1. The second kappa shape index (κ2) is 6.71. The zero-order chi connectivity index (χ0) is 15.2. The average Bonchev–Trinajstić information content (AvgIpc) is 2.92. The number of carbonyl (C=O) groups excluding carboxylic acids is 1. The number of carbonyl (C=O) groups is 1. The minimum absolute atomic E-state index is 0.162. The number of rotatable bonds is 6. The van der Waals surface area contributed by atoms with Crippen LogP contribution in [0.5, 0.6) is 5.75 Å². The summed E-state index contributed by atoms with van der Waals surface area (Å²) in [6.45, 7) is 0.320. The molecule has 8 nitrogen and oxygen atoms in total. The standard InChI is InChI=1S/C13H17N5O3/c1-21-9-4-2-8(3-5-9)11(19)12(20)15-7-6-10-16-13(14)18-17-10/h2-5,11,19H,6-7H2,1H3,(H,15,20)(H3,14,16,17,18). The lowest BCUT2D eigenvalue weighted by Crippen LogP contribution is -2.31. The van der Waals surface area contributed by atoms with Gasteiger partial charge in [-0.15, -0.1) is 5.10 Å². The number of anilines is 1. The van der Waals surface area contributed by atoms with Crippen molar-refractivity contribution in [2.24, 2.45) is 0 Å². The molecule has 0 aliphatic heterocycles. The van der Waals surface area contributed by atoms with E-state index >= 15 is 0 Å². The zero-order valence-electron chi connectivity index (χ0n) is 11.5. The first-order valence-corrected chi connectivity index (χ1v) is 6.36. The maximum absolute atomic E-state index is 11.8. The van der Waals surface area contributed by atoms with Crippen LogP contribution >= 0.6 is 0 Å². The summed E-state index contributed by atoms with van der Waals surface area (Å²) in [5.74, 6) is 0.920. The number of aromatic nitrogens is 3. The highest BCUT2D eigenvalue weighted by Crippen LogP contribution is 2.17. The van der Waals surface area contributed by atoms with Gasteiger partial charge in [0.05, 0.1) is 7.11 Å². The van der Waals surface area contributed by atoms with Gasteiger partial charge in [-0.1, -0.05) is 12.1 Å². The number of nitrogens with one attached hydrogen (secondary N) is 2. The lowest BCUT2D eigenvalue weighted by Gasteiger charge is -2.11. The van der Waals surface area contributed by atoms with Gasteiger partial charge >= 0.3 is 0 Å². The maximum Gasteiger partial charge on any atom is 0.253 e. The first-order chi connectivity index (χ1) is 10.1. The molecular weight excluding hydrogens is 274 g/mol. The van der Waals surface area contributed by atoms with Gasteiger partial charge < -0.3 is 20.9 Å². The number of amides is 1. The van der Waals surface area contributed by atoms with Crippen molar-refractivity contribution < 1.29 is 14.6 Å². The van der Waals surface area contributed by atoms with E-state index in [0.29, 0.717) is 30.1 Å². The number of hydrogen-bond donors (Lipinski definition) is 4. The molecule has 1 atom stereocenters. The Balaban J connectivity index is 1.84. The van der Waals surface area contributed by atoms with Gasteiger partial charge in [0.1, 0.15) is 11.6 Å². The minimum Gasteiger partial charge on any atom is -0.497 e. The van der Waals surface area contributed by atoms with Crippen LogP contribution in [0.15, 0.2) is 24.3 Å². The summed E-state index contributed by atoms with van der Waals surface area (Å²) in [5.41, 5.74) is 5.86. The smallest absolute Gasteiger partial charge is 0.253 e. The number of nitrogen functional groups attached to an aromatic ring is 1. The van der Waals surface area contributed by atoms with Crippen LogP contribution in [0.2, 0.25) is 0 Å². The first-order valence-electron chi connectivity index (χ1n) is 6.36. The van der Waals surface area contributed by atoms with E-state index in [2.05, 4.69) is 20.5 Å². The number of H-pyrrole nitrogens is 1. The van der Waals surface area contributed by atoms with Crippen LogP contribution in [0.4, 0.5) is 5.95 Å². The molecule has 2 aromatic rings. The monoisotopic (exact) mass is 291 g/mol. The second-order valence-corrected chi connectivity index (χ2v) is 4.36. The molecule has 0 aliphatic rings. The van der Waals surface area contributed by atoms with E-state index in [-0.39, 0.29) is 5.95 Å². The Labute approximate surface area is 121 Å². The highest BCUT2D eigenvalue weighted by molar-refractivity contribution is 5.81. The highest BCUT2D eigenvalue weighted by Gasteiger charge is 2.16. The van der Waals surface area contributed by atoms with Crippen molar-refractivity contribution in [2.45, 2.75) is 12.5 Å². The summed E-state index contributed by atoms with van der Waals surface area (Å²) in [6.07, 6.45) is -0.777. The molecule has 0 saturated heterocycles. The molecule has 21 heavy (non-hydrogen) atoms. The number of aliphatic hydroxyl groups is 1. The Morgan fingerprint density at radius 3 is 2.76 bits per heavy atom. The topological polar surface area (TPSA) is 126 Å². The quantitative estimate of drug-likeness (QED) is 0.583. The lowest BCUT2D eigenvalue weighted by molar-refractivity contribution is -0.129. The van der Waals surface area contributed by atoms with Crippen molar-refractivity contribution in [2.75, 3.05) is 19.4 Å². The molecule has 0 bridgehead atoms. The Kier molecular flexibility index (Phi) is 4.72. The van der Waals surface area contributed by atoms with E-state index in [4.69, 9.17) is 10.5 Å². The normalized spacial score (nSPS) is 11.9. The van der Waals surface area contributed by atoms with Gasteiger partial charge in [-0.25, -0.2) is 0 Å². The molecule has 2 rings (SSSR count). The summed E-state index contributed by atoms with van der Waals surface area (Å²) < 4.78 is 5.02. The van der Waals surface area contributed by atoms with Crippen molar-refractivity contribution in [3.63, 3.8) is 0 Å². The molecule has 112 valence electrons. The summed E-state index contributed by atoms with van der Waals surface area (Å²) in [7, 11) is 1.55. The van der Waals surface area contributed by atoms with Gasteiger partial charge in [0.25, 0.3) is 5.91 Å². The molecule has 1 amide bonds. The first kappa shape index (κ1) is 14.8. The van der Waals surface area contributed by atoms with Crippen LogP contribution in [0.3, 0.4) is 0 Å². The fraction of sp³-hybridized carbons (Fsp3) is 0.308. The average molecular weight is 291 g/mol. The van der Waals surface area contributed by atoms with E-state index in [1.54, 1.807) is 31.4 Å². The number of methoxy groups -OCH3 is 1. The number of benzene rings is 1. The summed E-state index contributed by atoms with van der Waals surface area (Å²) in [5, 5.41) is 18.9. The number of nitrogens with two attached hydrogens (primary N) is 1. The van der Waals surface area contributed by atoms with E-state index in [1.807, 2.05) is 0 Å². The molecule has 1 aromatic heterocycles. The molecule has 0 saturated carbocycles. The molecule has 1 unspecified atom stereocenters. The second-order valence-electron chi connectivity index (χ2n) is 4.36. The Bertz CT molecular complexity index is 596. The number of aromatic amines is 1. The van der Waals surface area contributed by atoms with Crippen molar-refractivity contribution in [1.82, 2.24) is 20.5 Å². The molecule has 0 aliphatic carbocycles. The number of ether oxygens (including phenoxy) is 1. The van der Waals surface area contributed by atoms with E-state index in [1.165, 1.54) is 0 Å². The third-order valence-electron chi connectivity index (χ3n) is 2.89. The SMILES string of the molecule is COc1ccc(C(O)C(=O)NCCc2nc(N)n[nH]2)cc1. The van der Waals surface area contributed by atoms with Gasteiger partial charge in [0, 0.05) is 13.0 Å². The third-order valence-corrected chi connectivity index (χ3v) is 2.89. The predicted molar refractivity (Wildman–Crippen MR) is 75.5 cm³/mol. The minimum atomic E-state index is -1.23. The number of nitrogens with zero attached hydrogens (tertiary/aromatic N) is 2. The van der Waals surface area contributed by atoms with E-state index in [9.17, 15) is 9.90 Å². The molecule has 0 radical (unpaired) electrons. The number of hydrogen-bond acceptors (Lipinski definition) is 6. The largest absolute Gasteiger partial charge is 0.497 e. The third kappa shape index (κ3) is 3.93. The Morgan fingerprint density at radius 2 is 2.19 bits per heavy atom. The molecule has 1 heterocycles. The summed E-state index contributed by atoms with van der Waals surface area (Å²) >= 11 is 0. The van der Waals surface area contributed by atoms with Gasteiger partial charge in [-0.3, -0.25) is 9.89 Å². The summed E-state index contributed by atoms with van der Waals surface area (Å²) in [4.78, 5) is 15.7. The van der Waals surface area contributed by atoms with Crippen molar-refractivity contribution in [3.05, 3.63) is 35.7 Å². The van der Waals surface area contributed by atoms with Gasteiger partial charge in [-0.05, 0) is 17.7 Å². The van der Waals surface area contributed by atoms with E-state index < -0.39 is 12.0 Å². The molecule has 0 spiro atoms. The van der Waals surface area contributed by atoms with Crippen molar-refractivity contribution in [1.29, 1.82) is 0 Å². The van der Waals surface area contributed by atoms with E-state index in [0.717, 1.165) is 0 Å². The molecule has 5 N–H and O–H groups in total. The molecule has 0 fully saturated rings. The van der Waals surface area contributed by atoms with Crippen LogP contribution < -0.4 is 15.8 Å². The predicted octanol–water partition coefficient (Wildman–Crippen LogP) is -0.212. The van der Waals surface area contributed by atoms with Crippen LogP contribution in [-0.2, 0) is 11.2 Å². The zero-order valence-corrected chi connectivity index (χ0v) is 11.5. The van der Waals surface area contributed by atoms with Gasteiger partial charge in [0.2, 0.25) is 5.95 Å². The Morgan fingerprint density at radius 1 is 1.48 bits per heavy atom. The maximum atomic E-state index is 11.8. The highest BCUT2D eigenvalue weighted by atomic mass is 16.5. The van der Waals surface area contributed by atoms with Crippen molar-refractivity contribution >= 4 is 11.9 Å². The van der Waals surface area contributed by atoms with Gasteiger partial charge in [-0.2, -0.15) is 4.98 Å². The van der Waals surface area contributed by atoms with Crippen LogP contribution in [0.25, 0.3) is 0 Å². The van der Waals surface area contributed by atoms with Gasteiger partial charge in [0.15, 0.2) is 6.10 Å².